The van der Waals surface area contributed by atoms with E-state index in [4.69, 9.17) is 0 Å². The molecule has 5 heteroatoms. The molecule has 0 amide bonds. The average molecular weight is 287 g/mol. The summed E-state index contributed by atoms with van der Waals surface area (Å²) >= 11 is 0. The third-order valence-corrected chi connectivity index (χ3v) is 3.65. The molecule has 0 saturated heterocycles. The first-order valence-electron chi connectivity index (χ1n) is 7.66. The van der Waals surface area contributed by atoms with Gasteiger partial charge in [0.1, 0.15) is 0 Å². The van der Waals surface area contributed by atoms with Crippen molar-refractivity contribution in [2.45, 2.75) is 40.5 Å². The summed E-state index contributed by atoms with van der Waals surface area (Å²) in [4.78, 5) is 8.56. The van der Waals surface area contributed by atoms with E-state index in [0.717, 1.165) is 30.9 Å². The first-order valence-corrected chi connectivity index (χ1v) is 7.66. The molecular formula is C16H25N5. The van der Waals surface area contributed by atoms with Crippen molar-refractivity contribution in [1.29, 1.82) is 0 Å². The van der Waals surface area contributed by atoms with E-state index in [1.165, 1.54) is 12.0 Å². The van der Waals surface area contributed by atoms with Crippen molar-refractivity contribution in [3.63, 3.8) is 0 Å². The van der Waals surface area contributed by atoms with Gasteiger partial charge in [-0.05, 0) is 57.3 Å². The Morgan fingerprint density at radius 2 is 1.95 bits per heavy atom. The molecule has 1 unspecified atom stereocenters. The lowest BCUT2D eigenvalue weighted by atomic mass is 9.99. The number of nitrogens with one attached hydrogen (secondary N) is 1. The van der Waals surface area contributed by atoms with Crippen LogP contribution in [0.4, 0.5) is 0 Å². The Kier molecular flexibility index (Phi) is 5.44. The van der Waals surface area contributed by atoms with Gasteiger partial charge in [0.05, 0.1) is 5.69 Å². The van der Waals surface area contributed by atoms with Crippen molar-refractivity contribution in [2.24, 2.45) is 5.92 Å². The van der Waals surface area contributed by atoms with E-state index in [0.29, 0.717) is 11.9 Å². The van der Waals surface area contributed by atoms with E-state index in [1.54, 1.807) is 12.4 Å². The molecule has 0 aromatic carbocycles. The molecule has 1 N–H and O–H groups in total. The highest BCUT2D eigenvalue weighted by Crippen LogP contribution is 2.19. The van der Waals surface area contributed by atoms with E-state index in [-0.39, 0.29) is 0 Å². The molecule has 2 aromatic rings. The van der Waals surface area contributed by atoms with Gasteiger partial charge in [-0.1, -0.05) is 13.8 Å². The number of nitrogens with zero attached hydrogens (tertiary/aromatic N) is 4. The molecule has 2 aromatic heterocycles. The van der Waals surface area contributed by atoms with Crippen LogP contribution >= 0.6 is 0 Å². The van der Waals surface area contributed by atoms with Crippen LogP contribution in [0.3, 0.4) is 0 Å². The summed E-state index contributed by atoms with van der Waals surface area (Å²) in [5.74, 6) is 1.23. The molecule has 2 heterocycles. The Morgan fingerprint density at radius 1 is 1.24 bits per heavy atom. The Labute approximate surface area is 126 Å². The Hall–Kier alpha value is -1.75. The molecule has 0 fully saturated rings. The molecule has 0 spiro atoms. The van der Waals surface area contributed by atoms with E-state index < -0.39 is 0 Å². The smallest absolute Gasteiger partial charge is 0.250 e. The van der Waals surface area contributed by atoms with Gasteiger partial charge in [0.2, 0.25) is 0 Å². The SMILES string of the molecule is CCCNCC(C)Cc1c(C)nn(-c2ncccn2)c1C. The minimum atomic E-state index is 0.586. The molecule has 0 saturated carbocycles. The van der Waals surface area contributed by atoms with Gasteiger partial charge in [-0.25, -0.2) is 14.6 Å². The van der Waals surface area contributed by atoms with E-state index >= 15 is 0 Å². The van der Waals surface area contributed by atoms with Crippen molar-refractivity contribution >= 4 is 0 Å². The molecule has 0 aliphatic rings. The van der Waals surface area contributed by atoms with E-state index in [2.05, 4.69) is 48.1 Å². The lowest BCUT2D eigenvalue weighted by molar-refractivity contribution is 0.509. The van der Waals surface area contributed by atoms with Crippen molar-refractivity contribution in [1.82, 2.24) is 25.1 Å². The molecule has 5 nitrogen and oxygen atoms in total. The average Bonchev–Trinajstić information content (AvgIpc) is 2.76. The van der Waals surface area contributed by atoms with Crippen LogP contribution in [-0.4, -0.2) is 32.8 Å². The highest BCUT2D eigenvalue weighted by Gasteiger charge is 2.16. The van der Waals surface area contributed by atoms with Crippen LogP contribution in [0.5, 0.6) is 0 Å². The normalized spacial score (nSPS) is 12.6. The zero-order chi connectivity index (χ0) is 15.2. The molecular weight excluding hydrogens is 262 g/mol. The minimum absolute atomic E-state index is 0.586. The van der Waals surface area contributed by atoms with Crippen LogP contribution < -0.4 is 5.32 Å². The zero-order valence-corrected chi connectivity index (χ0v) is 13.4. The van der Waals surface area contributed by atoms with Gasteiger partial charge in [-0.2, -0.15) is 5.10 Å². The fourth-order valence-corrected chi connectivity index (χ4v) is 2.51. The summed E-state index contributed by atoms with van der Waals surface area (Å²) in [6.07, 6.45) is 5.70. The summed E-state index contributed by atoms with van der Waals surface area (Å²) in [5, 5.41) is 8.08. The maximum absolute atomic E-state index is 4.60. The van der Waals surface area contributed by atoms with Crippen molar-refractivity contribution < 1.29 is 0 Å². The quantitative estimate of drug-likeness (QED) is 0.795. The van der Waals surface area contributed by atoms with Crippen molar-refractivity contribution in [3.05, 3.63) is 35.4 Å². The number of rotatable bonds is 7. The van der Waals surface area contributed by atoms with Crippen LogP contribution in [0.15, 0.2) is 18.5 Å². The van der Waals surface area contributed by atoms with Gasteiger partial charge in [0.15, 0.2) is 0 Å². The van der Waals surface area contributed by atoms with Crippen LogP contribution in [-0.2, 0) is 6.42 Å². The molecule has 2 rings (SSSR count). The molecule has 21 heavy (non-hydrogen) atoms. The van der Waals surface area contributed by atoms with Crippen LogP contribution in [0.1, 0.15) is 37.2 Å². The van der Waals surface area contributed by atoms with Gasteiger partial charge in [-0.15, -0.1) is 0 Å². The number of hydrogen-bond donors (Lipinski definition) is 1. The topological polar surface area (TPSA) is 55.6 Å². The molecule has 0 radical (unpaired) electrons. The first-order chi connectivity index (χ1) is 10.1. The number of aromatic nitrogens is 4. The van der Waals surface area contributed by atoms with Crippen LogP contribution in [0.25, 0.3) is 5.95 Å². The third-order valence-electron chi connectivity index (χ3n) is 3.65. The summed E-state index contributed by atoms with van der Waals surface area (Å²) in [5.41, 5.74) is 3.52. The highest BCUT2D eigenvalue weighted by atomic mass is 15.4. The maximum atomic E-state index is 4.60. The van der Waals surface area contributed by atoms with E-state index in [1.807, 2.05) is 10.7 Å². The maximum Gasteiger partial charge on any atom is 0.250 e. The van der Waals surface area contributed by atoms with Gasteiger partial charge < -0.3 is 5.32 Å². The fourth-order valence-electron chi connectivity index (χ4n) is 2.51. The first kappa shape index (κ1) is 15.6. The standard InChI is InChI=1S/C16H25N5/c1-5-7-17-11-12(2)10-15-13(3)20-21(14(15)4)16-18-8-6-9-19-16/h6,8-9,12,17H,5,7,10-11H2,1-4H3. The van der Waals surface area contributed by atoms with Crippen molar-refractivity contribution in [2.75, 3.05) is 13.1 Å². The molecule has 0 aliphatic heterocycles. The van der Waals surface area contributed by atoms with Gasteiger partial charge in [-0.3, -0.25) is 0 Å². The Morgan fingerprint density at radius 3 is 2.62 bits per heavy atom. The third kappa shape index (κ3) is 3.88. The second-order valence-corrected chi connectivity index (χ2v) is 5.62. The largest absolute Gasteiger partial charge is 0.316 e. The number of aryl methyl sites for hydroxylation is 1. The fraction of sp³-hybridized carbons (Fsp3) is 0.562. The second-order valence-electron chi connectivity index (χ2n) is 5.62. The Bertz CT molecular complexity index is 562. The molecule has 0 aliphatic carbocycles. The number of hydrogen-bond acceptors (Lipinski definition) is 4. The Balaban J connectivity index is 2.13. The predicted molar refractivity (Wildman–Crippen MR) is 84.7 cm³/mol. The monoisotopic (exact) mass is 287 g/mol. The molecule has 1 atom stereocenters. The van der Waals surface area contributed by atoms with Crippen molar-refractivity contribution in [3.8, 4) is 5.95 Å². The zero-order valence-electron chi connectivity index (χ0n) is 13.4. The highest BCUT2D eigenvalue weighted by molar-refractivity contribution is 5.29. The van der Waals surface area contributed by atoms with Crippen LogP contribution in [0, 0.1) is 19.8 Å². The molecule has 0 bridgehead atoms. The van der Waals surface area contributed by atoms with E-state index in [9.17, 15) is 0 Å². The summed E-state index contributed by atoms with van der Waals surface area (Å²) in [6.45, 7) is 10.7. The lowest BCUT2D eigenvalue weighted by Crippen LogP contribution is -2.23. The van der Waals surface area contributed by atoms with Gasteiger partial charge in [0.25, 0.3) is 5.95 Å². The molecule has 114 valence electrons. The van der Waals surface area contributed by atoms with Crippen LogP contribution in [0.2, 0.25) is 0 Å². The van der Waals surface area contributed by atoms with Gasteiger partial charge in [0, 0.05) is 18.1 Å². The summed E-state index contributed by atoms with van der Waals surface area (Å²) in [7, 11) is 0. The second kappa shape index (κ2) is 7.31. The van der Waals surface area contributed by atoms with Gasteiger partial charge >= 0.3 is 0 Å². The summed E-state index contributed by atoms with van der Waals surface area (Å²) in [6, 6.07) is 1.82. The lowest BCUT2D eigenvalue weighted by Gasteiger charge is -2.12. The predicted octanol–water partition coefficient (Wildman–Crippen LogP) is 2.46. The summed E-state index contributed by atoms with van der Waals surface area (Å²) < 4.78 is 1.84. The minimum Gasteiger partial charge on any atom is -0.316 e.